The van der Waals surface area contributed by atoms with E-state index in [2.05, 4.69) is 21.4 Å². The van der Waals surface area contributed by atoms with Gasteiger partial charge >= 0.3 is 0 Å². The normalized spacial score (nSPS) is 10.9. The molecule has 4 rings (SSSR count). The second-order valence-corrected chi connectivity index (χ2v) is 6.33. The van der Waals surface area contributed by atoms with E-state index in [1.54, 1.807) is 18.0 Å². The topological polar surface area (TPSA) is 92.4 Å². The van der Waals surface area contributed by atoms with E-state index in [9.17, 15) is 0 Å². The van der Waals surface area contributed by atoms with Crippen LogP contribution in [0, 0.1) is 18.3 Å². The number of nitriles is 1. The molecule has 3 aromatic heterocycles. The molecule has 0 spiro atoms. The monoisotopic (exact) mass is 358 g/mol. The number of hydrogen-bond acceptors (Lipinski definition) is 5. The average Bonchev–Trinajstić information content (AvgIpc) is 3.28. The summed E-state index contributed by atoms with van der Waals surface area (Å²) in [6.45, 7) is 2.00. The zero-order valence-electron chi connectivity index (χ0n) is 15.3. The number of aromatic amines is 1. The smallest absolute Gasteiger partial charge is 0.147 e. The minimum atomic E-state index is 0.358. The second kappa shape index (κ2) is 6.57. The third-order valence-electron chi connectivity index (χ3n) is 4.67. The summed E-state index contributed by atoms with van der Waals surface area (Å²) in [4.78, 5) is 4.89. The molecule has 3 heterocycles. The summed E-state index contributed by atoms with van der Waals surface area (Å²) in [6.07, 6.45) is 4.02. The Morgan fingerprint density at radius 1 is 1.30 bits per heavy atom. The second-order valence-electron chi connectivity index (χ2n) is 6.33. The van der Waals surface area contributed by atoms with Crippen LogP contribution in [0.25, 0.3) is 33.5 Å². The van der Waals surface area contributed by atoms with E-state index < -0.39 is 0 Å². The standard InChI is InChI=1S/C20H18N6O/c1-12-13(7-8-21)5-4-6-15(12)19-17(27-3)9-16-20(23-19)18(25-24-16)14-10-22-26(2)11-14/h4-6,9-11H,7H2,1-3H3,(H,24,25). The number of pyridine rings is 1. The molecule has 4 aromatic rings. The van der Waals surface area contributed by atoms with E-state index in [0.717, 1.165) is 44.7 Å². The van der Waals surface area contributed by atoms with Crippen molar-refractivity contribution < 1.29 is 4.74 Å². The molecule has 1 aromatic carbocycles. The summed E-state index contributed by atoms with van der Waals surface area (Å²) in [5.74, 6) is 0.654. The lowest BCUT2D eigenvalue weighted by Crippen LogP contribution is -1.97. The highest BCUT2D eigenvalue weighted by atomic mass is 16.5. The van der Waals surface area contributed by atoms with Crippen molar-refractivity contribution in [1.82, 2.24) is 25.0 Å². The zero-order valence-corrected chi connectivity index (χ0v) is 15.3. The number of benzene rings is 1. The van der Waals surface area contributed by atoms with Crippen molar-refractivity contribution in [2.45, 2.75) is 13.3 Å². The van der Waals surface area contributed by atoms with Crippen LogP contribution in [0.15, 0.2) is 36.7 Å². The van der Waals surface area contributed by atoms with Gasteiger partial charge in [-0.05, 0) is 18.1 Å². The SMILES string of the molecule is COc1cc2[nH]nc(-c3cnn(C)c3)c2nc1-c1cccc(CC#N)c1C. The van der Waals surface area contributed by atoms with E-state index in [1.807, 2.05) is 44.4 Å². The van der Waals surface area contributed by atoms with Gasteiger partial charge in [-0.25, -0.2) is 4.98 Å². The van der Waals surface area contributed by atoms with E-state index in [0.29, 0.717) is 12.2 Å². The third-order valence-corrected chi connectivity index (χ3v) is 4.67. The molecule has 7 nitrogen and oxygen atoms in total. The van der Waals surface area contributed by atoms with Crippen LogP contribution in [-0.4, -0.2) is 32.1 Å². The lowest BCUT2D eigenvalue weighted by Gasteiger charge is -2.12. The van der Waals surface area contributed by atoms with E-state index in [4.69, 9.17) is 15.0 Å². The Morgan fingerprint density at radius 3 is 2.85 bits per heavy atom. The number of fused-ring (bicyclic) bond motifs is 1. The molecule has 0 saturated carbocycles. The van der Waals surface area contributed by atoms with Crippen molar-refractivity contribution in [1.29, 1.82) is 5.26 Å². The maximum atomic E-state index is 9.07. The molecule has 7 heteroatoms. The Hall–Kier alpha value is -3.66. The Bertz CT molecular complexity index is 1180. The number of nitrogens with one attached hydrogen (secondary N) is 1. The Morgan fingerprint density at radius 2 is 2.15 bits per heavy atom. The van der Waals surface area contributed by atoms with Gasteiger partial charge in [0.2, 0.25) is 0 Å². The predicted molar refractivity (Wildman–Crippen MR) is 102 cm³/mol. The molecule has 0 fully saturated rings. The maximum absolute atomic E-state index is 9.07. The van der Waals surface area contributed by atoms with Gasteiger partial charge in [-0.3, -0.25) is 9.78 Å². The van der Waals surface area contributed by atoms with Gasteiger partial charge in [-0.1, -0.05) is 18.2 Å². The molecule has 0 aliphatic rings. The number of hydrogen-bond donors (Lipinski definition) is 1. The molecule has 0 aliphatic heterocycles. The number of nitrogens with zero attached hydrogens (tertiary/aromatic N) is 5. The number of aryl methyl sites for hydroxylation is 1. The first-order valence-corrected chi connectivity index (χ1v) is 8.50. The van der Waals surface area contributed by atoms with E-state index in [1.165, 1.54) is 0 Å². The van der Waals surface area contributed by atoms with Gasteiger partial charge in [0.15, 0.2) is 0 Å². The van der Waals surface area contributed by atoms with E-state index in [-0.39, 0.29) is 0 Å². The fourth-order valence-corrected chi connectivity index (χ4v) is 3.24. The van der Waals surface area contributed by atoms with Crippen molar-refractivity contribution >= 4 is 11.0 Å². The fourth-order valence-electron chi connectivity index (χ4n) is 3.24. The highest BCUT2D eigenvalue weighted by molar-refractivity contribution is 5.92. The first-order valence-electron chi connectivity index (χ1n) is 8.50. The molecule has 27 heavy (non-hydrogen) atoms. The first-order chi connectivity index (χ1) is 13.1. The molecule has 0 radical (unpaired) electrons. The van der Waals surface area contributed by atoms with Crippen LogP contribution < -0.4 is 4.74 Å². The highest BCUT2D eigenvalue weighted by Crippen LogP contribution is 2.36. The van der Waals surface area contributed by atoms with Crippen LogP contribution in [0.3, 0.4) is 0 Å². The van der Waals surface area contributed by atoms with Gasteiger partial charge in [0.05, 0.1) is 31.3 Å². The van der Waals surface area contributed by atoms with Crippen LogP contribution >= 0.6 is 0 Å². The molecule has 134 valence electrons. The minimum Gasteiger partial charge on any atom is -0.494 e. The Labute approximate surface area is 156 Å². The van der Waals surface area contributed by atoms with Crippen LogP contribution in [0.4, 0.5) is 0 Å². The van der Waals surface area contributed by atoms with Crippen molar-refractivity contribution in [2.24, 2.45) is 7.05 Å². The predicted octanol–water partition coefficient (Wildman–Crippen LogP) is 3.41. The summed E-state index contributed by atoms with van der Waals surface area (Å²) in [5, 5.41) is 20.7. The summed E-state index contributed by atoms with van der Waals surface area (Å²) < 4.78 is 7.32. The number of rotatable bonds is 4. The number of ether oxygens (including phenoxy) is 1. The molecule has 0 atom stereocenters. The lowest BCUT2D eigenvalue weighted by molar-refractivity contribution is 0.415. The van der Waals surface area contributed by atoms with Gasteiger partial charge in [0.1, 0.15) is 22.7 Å². The van der Waals surface area contributed by atoms with Crippen LogP contribution in [0.2, 0.25) is 0 Å². The molecule has 1 N–H and O–H groups in total. The molecule has 0 unspecified atom stereocenters. The van der Waals surface area contributed by atoms with Gasteiger partial charge in [-0.2, -0.15) is 15.5 Å². The molecular formula is C20H18N6O. The number of H-pyrrole nitrogens is 1. The fraction of sp³-hybridized carbons (Fsp3) is 0.200. The lowest BCUT2D eigenvalue weighted by atomic mass is 9.97. The van der Waals surface area contributed by atoms with Gasteiger partial charge in [0.25, 0.3) is 0 Å². The van der Waals surface area contributed by atoms with Gasteiger partial charge in [-0.15, -0.1) is 0 Å². The first kappa shape index (κ1) is 16.8. The molecular weight excluding hydrogens is 340 g/mol. The van der Waals surface area contributed by atoms with Crippen molar-refractivity contribution in [3.63, 3.8) is 0 Å². The molecule has 0 amide bonds. The number of aromatic nitrogens is 5. The molecule has 0 bridgehead atoms. The van der Waals surface area contributed by atoms with E-state index >= 15 is 0 Å². The largest absolute Gasteiger partial charge is 0.494 e. The third kappa shape index (κ3) is 2.81. The van der Waals surface area contributed by atoms with Crippen LogP contribution in [-0.2, 0) is 13.5 Å². The summed E-state index contributed by atoms with van der Waals surface area (Å²) in [7, 11) is 3.49. The molecule has 0 saturated heterocycles. The van der Waals surface area contributed by atoms with Crippen LogP contribution in [0.5, 0.6) is 5.75 Å². The minimum absolute atomic E-state index is 0.358. The molecule has 0 aliphatic carbocycles. The Kier molecular flexibility index (Phi) is 4.09. The van der Waals surface area contributed by atoms with Crippen LogP contribution in [0.1, 0.15) is 11.1 Å². The zero-order chi connectivity index (χ0) is 19.0. The Balaban J connectivity index is 1.95. The van der Waals surface area contributed by atoms with Gasteiger partial charge in [0, 0.05) is 30.4 Å². The highest BCUT2D eigenvalue weighted by Gasteiger charge is 2.18. The summed E-state index contributed by atoms with van der Waals surface area (Å²) >= 11 is 0. The summed E-state index contributed by atoms with van der Waals surface area (Å²) in [5.41, 5.74) is 6.86. The maximum Gasteiger partial charge on any atom is 0.147 e. The number of methoxy groups -OCH3 is 1. The quantitative estimate of drug-likeness (QED) is 0.603. The van der Waals surface area contributed by atoms with Crippen molar-refractivity contribution in [3.8, 4) is 34.3 Å². The average molecular weight is 358 g/mol. The van der Waals surface area contributed by atoms with Gasteiger partial charge < -0.3 is 4.74 Å². The van der Waals surface area contributed by atoms with Crippen molar-refractivity contribution in [3.05, 3.63) is 47.8 Å². The summed E-state index contributed by atoms with van der Waals surface area (Å²) in [6, 6.07) is 10.0. The van der Waals surface area contributed by atoms with Crippen molar-refractivity contribution in [2.75, 3.05) is 7.11 Å².